The molecule has 2 aromatic heterocycles. The minimum atomic E-state index is -1.09. The van der Waals surface area contributed by atoms with Crippen LogP contribution in [0.15, 0.2) is 42.5 Å². The number of ether oxygens (including phenoxy) is 3. The lowest BCUT2D eigenvalue weighted by molar-refractivity contribution is -0.139. The average molecular weight is 607 g/mol. The number of benzene rings is 2. The van der Waals surface area contributed by atoms with Crippen molar-refractivity contribution in [1.82, 2.24) is 24.3 Å². The highest BCUT2D eigenvalue weighted by Crippen LogP contribution is 2.33. The van der Waals surface area contributed by atoms with Crippen molar-refractivity contribution in [2.45, 2.75) is 39.8 Å². The molecule has 0 saturated carbocycles. The van der Waals surface area contributed by atoms with Crippen LogP contribution in [0.5, 0.6) is 11.5 Å². The fourth-order valence-corrected chi connectivity index (χ4v) is 5.36. The molecule has 0 fully saturated rings. The first-order chi connectivity index (χ1) is 21.3. The van der Waals surface area contributed by atoms with Crippen LogP contribution in [0.1, 0.15) is 31.7 Å². The number of aromatic nitrogens is 3. The Morgan fingerprint density at radius 1 is 1.05 bits per heavy atom. The Morgan fingerprint density at radius 2 is 1.82 bits per heavy atom. The van der Waals surface area contributed by atoms with Crippen LogP contribution in [0, 0.1) is 0 Å². The van der Waals surface area contributed by atoms with Gasteiger partial charge in [0.05, 0.1) is 31.3 Å². The largest absolute Gasteiger partial charge is 0.493 e. The van der Waals surface area contributed by atoms with Crippen LogP contribution in [-0.2, 0) is 33.8 Å². The number of nitrogens with two attached hydrogens (primary N) is 1. The number of fused-ring (bicyclic) bond motifs is 3. The molecule has 0 saturated heterocycles. The number of rotatable bonds is 17. The lowest BCUT2D eigenvalue weighted by Crippen LogP contribution is -2.40. The van der Waals surface area contributed by atoms with Gasteiger partial charge in [-0.25, -0.2) is 14.8 Å². The van der Waals surface area contributed by atoms with E-state index in [1.165, 1.54) is 7.11 Å². The third-order valence-electron chi connectivity index (χ3n) is 7.61. The second kappa shape index (κ2) is 15.3. The van der Waals surface area contributed by atoms with E-state index in [0.29, 0.717) is 55.4 Å². The quantitative estimate of drug-likeness (QED) is 0.183. The standard InChI is InChI=1S/C32H42N6O6/c1-5-36(6-2)20-27(39)37(19-22-11-9-14-25(31(22)43-4)44-21-28(40)41)16-10-17-38-26(15-18-42-3)35-29-30(38)23-12-7-8-13-24(23)34-32(29)33/h7-9,11-14H,5-6,10,15-21H2,1-4H3,(H2,33,34)(H,40,41). The van der Waals surface area contributed by atoms with Crippen molar-refractivity contribution in [2.24, 2.45) is 0 Å². The molecule has 44 heavy (non-hydrogen) atoms. The summed E-state index contributed by atoms with van der Waals surface area (Å²) in [6.45, 7) is 7.19. The van der Waals surface area contributed by atoms with Gasteiger partial charge in [0.15, 0.2) is 23.9 Å². The summed E-state index contributed by atoms with van der Waals surface area (Å²) < 4.78 is 18.6. The molecule has 12 heteroatoms. The van der Waals surface area contributed by atoms with Gasteiger partial charge >= 0.3 is 5.97 Å². The van der Waals surface area contributed by atoms with Crippen molar-refractivity contribution >= 4 is 39.6 Å². The molecule has 0 bridgehead atoms. The van der Waals surface area contributed by atoms with Crippen LogP contribution in [0.2, 0.25) is 0 Å². The van der Waals surface area contributed by atoms with E-state index in [1.807, 2.05) is 49.1 Å². The molecule has 0 aliphatic heterocycles. The molecule has 0 atom stereocenters. The topological polar surface area (TPSA) is 145 Å². The molecular weight excluding hydrogens is 564 g/mol. The van der Waals surface area contributed by atoms with E-state index in [-0.39, 0.29) is 19.0 Å². The Balaban J connectivity index is 1.64. The lowest BCUT2D eigenvalue weighted by Gasteiger charge is -2.27. The molecule has 3 N–H and O–H groups in total. The molecule has 0 radical (unpaired) electrons. The number of carbonyl (C=O) groups is 2. The number of hydrogen-bond donors (Lipinski definition) is 2. The van der Waals surface area contributed by atoms with Gasteiger partial charge in [-0.15, -0.1) is 0 Å². The maximum atomic E-state index is 13.7. The number of amides is 1. The molecule has 0 aliphatic rings. The Hall–Kier alpha value is -4.42. The molecule has 2 heterocycles. The van der Waals surface area contributed by atoms with Gasteiger partial charge in [-0.05, 0) is 31.6 Å². The maximum Gasteiger partial charge on any atom is 0.341 e. The van der Waals surface area contributed by atoms with Crippen LogP contribution >= 0.6 is 0 Å². The first-order valence-electron chi connectivity index (χ1n) is 14.8. The van der Waals surface area contributed by atoms with E-state index in [1.54, 1.807) is 19.2 Å². The first-order valence-corrected chi connectivity index (χ1v) is 14.8. The molecule has 1 amide bonds. The first kappa shape index (κ1) is 32.5. The summed E-state index contributed by atoms with van der Waals surface area (Å²) in [6, 6.07) is 13.2. The SMILES string of the molecule is CCN(CC)CC(=O)N(CCCn1c(CCOC)nc2c(N)nc3ccccc3c21)Cc1cccc(OCC(=O)O)c1OC. The van der Waals surface area contributed by atoms with E-state index >= 15 is 0 Å². The second-order valence-corrected chi connectivity index (χ2v) is 10.4. The number of nitrogens with zero attached hydrogens (tertiary/aromatic N) is 5. The number of para-hydroxylation sites is 2. The summed E-state index contributed by atoms with van der Waals surface area (Å²) in [4.78, 5) is 38.1. The molecule has 4 rings (SSSR count). The van der Waals surface area contributed by atoms with Crippen molar-refractivity contribution < 1.29 is 28.9 Å². The van der Waals surface area contributed by atoms with Gasteiger partial charge in [0.2, 0.25) is 5.91 Å². The van der Waals surface area contributed by atoms with Crippen LogP contribution in [0.25, 0.3) is 21.9 Å². The summed E-state index contributed by atoms with van der Waals surface area (Å²) in [6.07, 6.45) is 1.24. The summed E-state index contributed by atoms with van der Waals surface area (Å²) in [5.74, 6) is 0.847. The van der Waals surface area contributed by atoms with Gasteiger partial charge in [-0.1, -0.05) is 44.2 Å². The third-order valence-corrected chi connectivity index (χ3v) is 7.61. The number of likely N-dealkylation sites (N-methyl/N-ethyl adjacent to an activating group) is 1. The average Bonchev–Trinajstić information content (AvgIpc) is 3.40. The number of carboxylic acids is 1. The molecular formula is C32H42N6O6. The number of hydrogen-bond acceptors (Lipinski definition) is 9. The predicted octanol–water partition coefficient (Wildman–Crippen LogP) is 3.59. The Kier molecular flexibility index (Phi) is 11.3. The van der Waals surface area contributed by atoms with Crippen LogP contribution in [0.4, 0.5) is 5.82 Å². The number of anilines is 1. The van der Waals surface area contributed by atoms with Gasteiger partial charge in [0, 0.05) is 44.1 Å². The monoisotopic (exact) mass is 606 g/mol. The number of aliphatic carboxylic acids is 1. The lowest BCUT2D eigenvalue weighted by atomic mass is 10.1. The molecule has 2 aromatic carbocycles. The zero-order valence-electron chi connectivity index (χ0n) is 25.9. The summed E-state index contributed by atoms with van der Waals surface area (Å²) in [7, 11) is 3.17. The van der Waals surface area contributed by atoms with Crippen LogP contribution in [-0.4, -0.2) is 94.9 Å². The van der Waals surface area contributed by atoms with Gasteiger partial charge in [-0.2, -0.15) is 0 Å². The van der Waals surface area contributed by atoms with E-state index in [9.17, 15) is 9.59 Å². The molecule has 236 valence electrons. The fraction of sp³-hybridized carbons (Fsp3) is 0.438. The van der Waals surface area contributed by atoms with E-state index < -0.39 is 12.6 Å². The molecule has 12 nitrogen and oxygen atoms in total. The Bertz CT molecular complexity index is 1580. The number of methoxy groups -OCH3 is 2. The summed E-state index contributed by atoms with van der Waals surface area (Å²) in [5.41, 5.74) is 9.46. The van der Waals surface area contributed by atoms with E-state index in [0.717, 1.165) is 40.9 Å². The highest BCUT2D eigenvalue weighted by molar-refractivity contribution is 6.06. The number of carbonyl (C=O) groups excluding carboxylic acids is 1. The van der Waals surface area contributed by atoms with E-state index in [4.69, 9.17) is 30.0 Å². The Labute approximate surface area is 257 Å². The third kappa shape index (κ3) is 7.56. The predicted molar refractivity (Wildman–Crippen MR) is 169 cm³/mol. The summed E-state index contributed by atoms with van der Waals surface area (Å²) in [5, 5.41) is 10.1. The molecule has 4 aromatic rings. The Morgan fingerprint density at radius 3 is 2.52 bits per heavy atom. The van der Waals surface area contributed by atoms with Crippen molar-refractivity contribution in [3.05, 3.63) is 53.9 Å². The molecule has 0 spiro atoms. The summed E-state index contributed by atoms with van der Waals surface area (Å²) >= 11 is 0. The van der Waals surface area contributed by atoms with E-state index in [2.05, 4.69) is 14.5 Å². The highest BCUT2D eigenvalue weighted by atomic mass is 16.5. The number of pyridine rings is 1. The number of carboxylic acid groups (broad SMARTS) is 1. The molecule has 0 unspecified atom stereocenters. The van der Waals surface area contributed by atoms with Gasteiger partial charge < -0.3 is 34.5 Å². The highest BCUT2D eigenvalue weighted by Gasteiger charge is 2.22. The second-order valence-electron chi connectivity index (χ2n) is 10.4. The fourth-order valence-electron chi connectivity index (χ4n) is 5.36. The van der Waals surface area contributed by atoms with Crippen molar-refractivity contribution in [3.63, 3.8) is 0 Å². The number of nitrogen functional groups attached to an aromatic ring is 1. The zero-order valence-corrected chi connectivity index (χ0v) is 25.9. The zero-order chi connectivity index (χ0) is 31.6. The minimum absolute atomic E-state index is 0.0124. The van der Waals surface area contributed by atoms with Crippen LogP contribution in [0.3, 0.4) is 0 Å². The van der Waals surface area contributed by atoms with Crippen molar-refractivity contribution in [2.75, 3.05) is 59.3 Å². The maximum absolute atomic E-state index is 13.7. The number of aryl methyl sites for hydroxylation is 1. The van der Waals surface area contributed by atoms with Gasteiger partial charge in [0.1, 0.15) is 11.3 Å². The number of imidazole rings is 1. The van der Waals surface area contributed by atoms with Crippen molar-refractivity contribution in [3.8, 4) is 11.5 Å². The normalized spacial score (nSPS) is 11.4. The van der Waals surface area contributed by atoms with Gasteiger partial charge in [-0.3, -0.25) is 9.69 Å². The van der Waals surface area contributed by atoms with Gasteiger partial charge in [0.25, 0.3) is 0 Å². The smallest absolute Gasteiger partial charge is 0.341 e. The minimum Gasteiger partial charge on any atom is -0.493 e. The molecule has 0 aliphatic carbocycles. The van der Waals surface area contributed by atoms with Crippen LogP contribution < -0.4 is 15.2 Å². The van der Waals surface area contributed by atoms with Crippen molar-refractivity contribution in [1.29, 1.82) is 0 Å².